The molecule has 0 unspecified atom stereocenters. The molecule has 0 aromatic carbocycles. The van der Waals surface area contributed by atoms with E-state index in [0.29, 0.717) is 198 Å². The number of hydrogen-bond acceptors (Lipinski definition) is 19. The van der Waals surface area contributed by atoms with Gasteiger partial charge in [-0.15, -0.1) is 0 Å². The lowest BCUT2D eigenvalue weighted by Crippen LogP contribution is -2.34. The van der Waals surface area contributed by atoms with Crippen molar-refractivity contribution in [3.8, 4) is 0 Å². The molecule has 0 aromatic rings. The maximum absolute atomic E-state index is 11.7. The highest BCUT2D eigenvalue weighted by Crippen LogP contribution is 2.09. The maximum atomic E-state index is 11.7. The summed E-state index contributed by atoms with van der Waals surface area (Å²) in [4.78, 5) is 28.3. The lowest BCUT2D eigenvalue weighted by Gasteiger charge is -2.22. The molecule has 21 nitrogen and oxygen atoms in total. The molecule has 0 bridgehead atoms. The standard InChI is InChI=1S/C42H82N4O17/c1-41(2,3)62-39(47)7-13-49-19-25-55-31-34-58-28-22-52-16-10-46(12-18-54-24-30-60-36-38-61-37-33-57-27-21-51-15-9-44-45-43)11-17-53-23-29-59-35-32-56-26-20-50-14-8-40(48)63-42(4,5)6/h7-38H2,1-6H3. The van der Waals surface area contributed by atoms with E-state index in [9.17, 15) is 9.59 Å². The van der Waals surface area contributed by atoms with Gasteiger partial charge in [0, 0.05) is 31.1 Å². The van der Waals surface area contributed by atoms with Gasteiger partial charge < -0.3 is 71.1 Å². The van der Waals surface area contributed by atoms with Crippen molar-refractivity contribution in [1.82, 2.24) is 4.90 Å². The van der Waals surface area contributed by atoms with Crippen LogP contribution in [-0.2, 0) is 80.6 Å². The average Bonchev–Trinajstić information content (AvgIpc) is 3.21. The molecular formula is C42H82N4O17. The highest BCUT2D eigenvalue weighted by molar-refractivity contribution is 5.70. The molecule has 372 valence electrons. The Bertz CT molecular complexity index is 1020. The van der Waals surface area contributed by atoms with Crippen molar-refractivity contribution in [3.63, 3.8) is 0 Å². The summed E-state index contributed by atoms with van der Waals surface area (Å²) in [5, 5.41) is 3.39. The molecule has 0 heterocycles. The van der Waals surface area contributed by atoms with Crippen LogP contribution < -0.4 is 0 Å². The molecule has 0 N–H and O–H groups in total. The van der Waals surface area contributed by atoms with Gasteiger partial charge in [0.1, 0.15) is 11.2 Å². The van der Waals surface area contributed by atoms with Gasteiger partial charge in [-0.25, -0.2) is 0 Å². The number of rotatable bonds is 48. The van der Waals surface area contributed by atoms with Gasteiger partial charge in [0.2, 0.25) is 0 Å². The second-order valence-corrected chi connectivity index (χ2v) is 15.4. The zero-order valence-corrected chi connectivity index (χ0v) is 39.4. The fourth-order valence-electron chi connectivity index (χ4n) is 4.67. The number of carbonyl (C=O) groups is 2. The number of esters is 2. The predicted octanol–water partition coefficient (Wildman–Crippen LogP) is 3.28. The second-order valence-electron chi connectivity index (χ2n) is 15.4. The number of carbonyl (C=O) groups excluding carboxylic acids is 2. The minimum atomic E-state index is -0.498. The van der Waals surface area contributed by atoms with Crippen LogP contribution in [0.25, 0.3) is 10.4 Å². The van der Waals surface area contributed by atoms with E-state index in [2.05, 4.69) is 14.9 Å². The fraction of sp³-hybridized carbons (Fsp3) is 0.952. The number of hydrogen-bond donors (Lipinski definition) is 0. The van der Waals surface area contributed by atoms with Gasteiger partial charge in [-0.05, 0) is 47.1 Å². The first kappa shape index (κ1) is 60.7. The topological polar surface area (TPSA) is 225 Å². The summed E-state index contributed by atoms with van der Waals surface area (Å²) in [6.07, 6.45) is 0.421. The maximum Gasteiger partial charge on any atom is 0.308 e. The van der Waals surface area contributed by atoms with Gasteiger partial charge in [0.25, 0.3) is 0 Å². The predicted molar refractivity (Wildman–Crippen MR) is 232 cm³/mol. The van der Waals surface area contributed by atoms with Crippen LogP contribution in [0.3, 0.4) is 0 Å². The Morgan fingerprint density at radius 3 is 0.841 bits per heavy atom. The first-order chi connectivity index (χ1) is 30.4. The zero-order chi connectivity index (χ0) is 46.4. The molecule has 0 atom stereocenters. The summed E-state index contributed by atoms with van der Waals surface area (Å²) in [6.45, 7) is 24.8. The highest BCUT2D eigenvalue weighted by Gasteiger charge is 2.16. The first-order valence-corrected chi connectivity index (χ1v) is 22.1. The molecule has 21 heteroatoms. The fourth-order valence-corrected chi connectivity index (χ4v) is 4.67. The van der Waals surface area contributed by atoms with Crippen LogP contribution in [0.2, 0.25) is 0 Å². The van der Waals surface area contributed by atoms with Gasteiger partial charge in [0.05, 0.1) is 185 Å². The monoisotopic (exact) mass is 915 g/mol. The molecule has 0 aliphatic carbocycles. The molecule has 63 heavy (non-hydrogen) atoms. The van der Waals surface area contributed by atoms with Crippen molar-refractivity contribution in [3.05, 3.63) is 10.4 Å². The van der Waals surface area contributed by atoms with Crippen LogP contribution in [0.5, 0.6) is 0 Å². The normalized spacial score (nSPS) is 11.9. The SMILES string of the molecule is CC(C)(C)OC(=O)CCOCCOCCOCCOCCN(CCOCCOCCOCCOCCOCCN=[N+]=[N-])CCOCCOCCOCCOCCC(=O)OC(C)(C)C. The van der Waals surface area contributed by atoms with E-state index in [4.69, 9.17) is 76.6 Å². The van der Waals surface area contributed by atoms with Crippen molar-refractivity contribution in [2.75, 3.05) is 198 Å². The lowest BCUT2D eigenvalue weighted by atomic mass is 10.2. The van der Waals surface area contributed by atoms with Crippen LogP contribution in [-0.4, -0.2) is 226 Å². The van der Waals surface area contributed by atoms with Gasteiger partial charge >= 0.3 is 11.9 Å². The van der Waals surface area contributed by atoms with Crippen LogP contribution in [0, 0.1) is 0 Å². The molecule has 0 amide bonds. The van der Waals surface area contributed by atoms with Crippen LogP contribution in [0.4, 0.5) is 0 Å². The molecule has 0 radical (unpaired) electrons. The molecule has 0 aliphatic heterocycles. The Morgan fingerprint density at radius 2 is 0.603 bits per heavy atom. The lowest BCUT2D eigenvalue weighted by molar-refractivity contribution is -0.157. The highest BCUT2D eigenvalue weighted by atomic mass is 16.6. The third-order valence-electron chi connectivity index (χ3n) is 7.52. The summed E-state index contributed by atoms with van der Waals surface area (Å²) in [5.41, 5.74) is 7.22. The van der Waals surface area contributed by atoms with E-state index in [-0.39, 0.29) is 24.8 Å². The van der Waals surface area contributed by atoms with Gasteiger partial charge in [-0.2, -0.15) is 0 Å². The molecule has 0 aliphatic rings. The average molecular weight is 915 g/mol. The van der Waals surface area contributed by atoms with Gasteiger partial charge in [-0.1, -0.05) is 5.11 Å². The number of nitrogens with zero attached hydrogens (tertiary/aromatic N) is 4. The Kier molecular flexibility index (Phi) is 43.2. The summed E-state index contributed by atoms with van der Waals surface area (Å²) in [5.74, 6) is -0.559. The van der Waals surface area contributed by atoms with E-state index in [1.54, 1.807) is 0 Å². The summed E-state index contributed by atoms with van der Waals surface area (Å²) in [6, 6.07) is 0. The summed E-state index contributed by atoms with van der Waals surface area (Å²) in [7, 11) is 0. The second kappa shape index (κ2) is 44.9. The van der Waals surface area contributed by atoms with Crippen LogP contribution in [0.1, 0.15) is 54.4 Å². The largest absolute Gasteiger partial charge is 0.460 e. The van der Waals surface area contributed by atoms with Gasteiger partial charge in [-0.3, -0.25) is 14.5 Å². The third-order valence-corrected chi connectivity index (χ3v) is 7.52. The Labute approximate surface area is 376 Å². The summed E-state index contributed by atoms with van der Waals surface area (Å²) >= 11 is 0. The summed E-state index contributed by atoms with van der Waals surface area (Å²) < 4.78 is 82.8. The van der Waals surface area contributed by atoms with E-state index in [1.807, 2.05) is 41.5 Å². The Morgan fingerprint density at radius 1 is 0.381 bits per heavy atom. The smallest absolute Gasteiger partial charge is 0.308 e. The minimum Gasteiger partial charge on any atom is -0.460 e. The van der Waals surface area contributed by atoms with Gasteiger partial charge in [0.15, 0.2) is 0 Å². The van der Waals surface area contributed by atoms with Crippen LogP contribution >= 0.6 is 0 Å². The molecular weight excluding hydrogens is 832 g/mol. The van der Waals surface area contributed by atoms with Crippen molar-refractivity contribution >= 4 is 11.9 Å². The van der Waals surface area contributed by atoms with Crippen molar-refractivity contribution < 1.29 is 80.6 Å². The van der Waals surface area contributed by atoms with E-state index < -0.39 is 11.2 Å². The molecule has 0 aromatic heterocycles. The molecule has 0 fully saturated rings. The number of azide groups is 1. The Hall–Kier alpha value is -2.31. The molecule has 0 saturated carbocycles. The van der Waals surface area contributed by atoms with E-state index >= 15 is 0 Å². The van der Waals surface area contributed by atoms with Crippen molar-refractivity contribution in [2.45, 2.75) is 65.6 Å². The Balaban J connectivity index is 4.08. The number of ether oxygens (including phenoxy) is 15. The third kappa shape index (κ3) is 52.2. The molecule has 0 spiro atoms. The quantitative estimate of drug-likeness (QED) is 0.0281. The van der Waals surface area contributed by atoms with Crippen molar-refractivity contribution in [1.29, 1.82) is 0 Å². The first-order valence-electron chi connectivity index (χ1n) is 22.1. The zero-order valence-electron chi connectivity index (χ0n) is 39.4. The van der Waals surface area contributed by atoms with E-state index in [0.717, 1.165) is 0 Å². The van der Waals surface area contributed by atoms with Crippen molar-refractivity contribution in [2.24, 2.45) is 5.11 Å². The van der Waals surface area contributed by atoms with E-state index in [1.165, 1.54) is 0 Å². The molecule has 0 saturated heterocycles. The minimum absolute atomic E-state index is 0.211. The van der Waals surface area contributed by atoms with Crippen LogP contribution in [0.15, 0.2) is 5.11 Å². The molecule has 0 rings (SSSR count).